The van der Waals surface area contributed by atoms with E-state index in [1.165, 1.54) is 0 Å². The van der Waals surface area contributed by atoms with Crippen molar-refractivity contribution in [3.8, 4) is 0 Å². The molecule has 1 N–H and O–H groups in total. The van der Waals surface area contributed by atoms with E-state index >= 15 is 0 Å². The molecular weight excluding hydrogens is 400 g/mol. The molecule has 2 aromatic carbocycles. The largest absolute Gasteiger partial charge is 0.485 e. The lowest BCUT2D eigenvalue weighted by Crippen LogP contribution is -2.30. The van der Waals surface area contributed by atoms with E-state index in [1.807, 2.05) is 60.7 Å². The Hall–Kier alpha value is -2.31. The number of esters is 1. The van der Waals surface area contributed by atoms with E-state index < -0.39 is 18.2 Å². The Morgan fingerprint density at radius 2 is 1.50 bits per heavy atom. The summed E-state index contributed by atoms with van der Waals surface area (Å²) in [5.41, 5.74) is 1.86. The van der Waals surface area contributed by atoms with Gasteiger partial charge < -0.3 is 19.3 Å². The molecule has 0 spiro atoms. The van der Waals surface area contributed by atoms with Gasteiger partial charge in [-0.25, -0.2) is 4.79 Å². The molecule has 1 aliphatic rings. The third-order valence-electron chi connectivity index (χ3n) is 3.87. The average Bonchev–Trinajstić information content (AvgIpc) is 3.01. The van der Waals surface area contributed by atoms with Gasteiger partial charge in [-0.15, -0.1) is 0 Å². The zero-order chi connectivity index (χ0) is 18.4. The van der Waals surface area contributed by atoms with Gasteiger partial charge in [0, 0.05) is 5.33 Å². The molecular formula is C20H19BrO5. The van der Waals surface area contributed by atoms with Gasteiger partial charge in [0.15, 0.2) is 11.9 Å². The number of carbonyl (C=O) groups excluding carboxylic acids is 1. The molecule has 0 radical (unpaired) electrons. The van der Waals surface area contributed by atoms with Gasteiger partial charge in [-0.3, -0.25) is 0 Å². The highest BCUT2D eigenvalue weighted by atomic mass is 79.9. The Kier molecular flexibility index (Phi) is 6.30. The molecule has 3 rings (SSSR count). The topological polar surface area (TPSA) is 65.0 Å². The minimum Gasteiger partial charge on any atom is -0.485 e. The van der Waals surface area contributed by atoms with Crippen molar-refractivity contribution in [1.82, 2.24) is 0 Å². The highest BCUT2D eigenvalue weighted by molar-refractivity contribution is 9.09. The molecule has 1 heterocycles. The number of alkyl halides is 1. The van der Waals surface area contributed by atoms with Crippen molar-refractivity contribution in [3.05, 3.63) is 83.3 Å². The summed E-state index contributed by atoms with van der Waals surface area (Å²) < 4.78 is 16.8. The monoisotopic (exact) mass is 418 g/mol. The van der Waals surface area contributed by atoms with Gasteiger partial charge >= 0.3 is 5.97 Å². The molecule has 2 aromatic rings. The van der Waals surface area contributed by atoms with Crippen molar-refractivity contribution >= 4 is 21.9 Å². The van der Waals surface area contributed by atoms with Crippen LogP contribution in [0.25, 0.3) is 0 Å². The van der Waals surface area contributed by atoms with Gasteiger partial charge in [-0.05, 0) is 11.1 Å². The van der Waals surface area contributed by atoms with Crippen LogP contribution in [-0.4, -0.2) is 28.6 Å². The van der Waals surface area contributed by atoms with Gasteiger partial charge in [0.1, 0.15) is 19.3 Å². The fourth-order valence-electron chi connectivity index (χ4n) is 2.53. The van der Waals surface area contributed by atoms with Crippen LogP contribution in [0.5, 0.6) is 0 Å². The Bertz CT molecular complexity index is 760. The number of hydrogen-bond donors (Lipinski definition) is 1. The Labute approximate surface area is 160 Å². The highest BCUT2D eigenvalue weighted by Gasteiger charge is 2.41. The van der Waals surface area contributed by atoms with Crippen LogP contribution in [0, 0.1) is 0 Å². The van der Waals surface area contributed by atoms with Crippen molar-refractivity contribution in [3.63, 3.8) is 0 Å². The summed E-state index contributed by atoms with van der Waals surface area (Å²) >= 11 is 3.20. The first kappa shape index (κ1) is 18.5. The van der Waals surface area contributed by atoms with Crippen LogP contribution in [-0.2, 0) is 32.2 Å². The maximum Gasteiger partial charge on any atom is 0.378 e. The number of hydrogen-bond acceptors (Lipinski definition) is 5. The zero-order valence-electron chi connectivity index (χ0n) is 14.0. The van der Waals surface area contributed by atoms with Crippen LogP contribution in [0.1, 0.15) is 11.1 Å². The smallest absolute Gasteiger partial charge is 0.378 e. The number of ether oxygens (including phenoxy) is 3. The number of benzene rings is 2. The Morgan fingerprint density at radius 1 is 0.962 bits per heavy atom. The lowest BCUT2D eigenvalue weighted by Gasteiger charge is -2.18. The highest BCUT2D eigenvalue weighted by Crippen LogP contribution is 2.29. The number of halogens is 1. The Morgan fingerprint density at radius 3 is 2.04 bits per heavy atom. The van der Waals surface area contributed by atoms with E-state index in [9.17, 15) is 9.90 Å². The van der Waals surface area contributed by atoms with Crippen molar-refractivity contribution in [2.45, 2.75) is 25.4 Å². The average molecular weight is 419 g/mol. The fourth-order valence-corrected chi connectivity index (χ4v) is 2.87. The number of aliphatic hydroxyl groups excluding tert-OH is 1. The molecule has 0 saturated carbocycles. The van der Waals surface area contributed by atoms with Crippen LogP contribution in [0.4, 0.5) is 0 Å². The lowest BCUT2D eigenvalue weighted by molar-refractivity contribution is -0.147. The van der Waals surface area contributed by atoms with Crippen LogP contribution in [0.3, 0.4) is 0 Å². The number of cyclic esters (lactones) is 1. The maximum absolute atomic E-state index is 12.2. The van der Waals surface area contributed by atoms with E-state index in [2.05, 4.69) is 15.9 Å². The summed E-state index contributed by atoms with van der Waals surface area (Å²) in [4.78, 5) is 12.2. The van der Waals surface area contributed by atoms with Crippen LogP contribution in [0.2, 0.25) is 0 Å². The fraction of sp³-hybridized carbons (Fsp3) is 0.250. The molecule has 5 nitrogen and oxygen atoms in total. The molecule has 0 saturated heterocycles. The molecule has 0 aliphatic carbocycles. The first-order valence-corrected chi connectivity index (χ1v) is 9.34. The summed E-state index contributed by atoms with van der Waals surface area (Å²) in [6.07, 6.45) is -1.82. The SMILES string of the molecule is O=C1O[C@H]([C@@H](O)CBr)C(OCc2ccccc2)=C1OCc1ccccc1. The predicted octanol–water partition coefficient (Wildman–Crippen LogP) is 3.31. The molecule has 0 amide bonds. The number of carbonyl (C=O) groups is 1. The maximum atomic E-state index is 12.2. The minimum atomic E-state index is -0.928. The third kappa shape index (κ3) is 4.45. The number of rotatable bonds is 8. The minimum absolute atomic E-state index is 0.00906. The second kappa shape index (κ2) is 8.87. The summed E-state index contributed by atoms with van der Waals surface area (Å²) in [5, 5.41) is 10.4. The van der Waals surface area contributed by atoms with E-state index in [0.717, 1.165) is 11.1 Å². The zero-order valence-corrected chi connectivity index (χ0v) is 15.6. The van der Waals surface area contributed by atoms with Crippen molar-refractivity contribution < 1.29 is 24.1 Å². The van der Waals surface area contributed by atoms with Gasteiger partial charge in [-0.1, -0.05) is 76.6 Å². The third-order valence-corrected chi connectivity index (χ3v) is 4.54. The molecule has 2 atom stereocenters. The quantitative estimate of drug-likeness (QED) is 0.526. The van der Waals surface area contributed by atoms with Crippen LogP contribution < -0.4 is 0 Å². The van der Waals surface area contributed by atoms with Crippen LogP contribution in [0.15, 0.2) is 72.2 Å². The van der Waals surface area contributed by atoms with E-state index in [0.29, 0.717) is 0 Å². The second-order valence-corrected chi connectivity index (χ2v) is 6.44. The summed E-state index contributed by atoms with van der Waals surface area (Å²) in [5.74, 6) is -0.398. The molecule has 0 aromatic heterocycles. The summed E-state index contributed by atoms with van der Waals surface area (Å²) in [6.45, 7) is 0.455. The van der Waals surface area contributed by atoms with Crippen molar-refractivity contribution in [2.24, 2.45) is 0 Å². The molecule has 6 heteroatoms. The molecule has 0 unspecified atom stereocenters. The van der Waals surface area contributed by atoms with E-state index in [-0.39, 0.29) is 30.1 Å². The molecule has 0 bridgehead atoms. The molecule has 26 heavy (non-hydrogen) atoms. The standard InChI is InChI=1S/C20H19BrO5/c21-11-16(22)17-18(24-12-14-7-3-1-4-8-14)19(20(23)26-17)25-13-15-9-5-2-6-10-15/h1-10,16-17,22H,11-13H2/t16-,17+/m0/s1. The van der Waals surface area contributed by atoms with Gasteiger partial charge in [0.2, 0.25) is 5.76 Å². The van der Waals surface area contributed by atoms with Gasteiger partial charge in [-0.2, -0.15) is 0 Å². The first-order valence-electron chi connectivity index (χ1n) is 8.21. The lowest BCUT2D eigenvalue weighted by atomic mass is 10.2. The normalized spacial score (nSPS) is 17.8. The molecule has 0 fully saturated rings. The summed E-state index contributed by atoms with van der Waals surface area (Å²) in [6, 6.07) is 19.0. The van der Waals surface area contributed by atoms with Gasteiger partial charge in [0.25, 0.3) is 0 Å². The number of aliphatic hydroxyl groups is 1. The molecule has 136 valence electrons. The molecule has 1 aliphatic heterocycles. The Balaban J connectivity index is 1.79. The first-order chi connectivity index (χ1) is 12.7. The van der Waals surface area contributed by atoms with E-state index in [4.69, 9.17) is 14.2 Å². The summed E-state index contributed by atoms with van der Waals surface area (Å²) in [7, 11) is 0. The van der Waals surface area contributed by atoms with Crippen LogP contribution >= 0.6 is 15.9 Å². The van der Waals surface area contributed by atoms with E-state index in [1.54, 1.807) is 0 Å². The predicted molar refractivity (Wildman–Crippen MR) is 99.2 cm³/mol. The van der Waals surface area contributed by atoms with Crippen molar-refractivity contribution in [1.29, 1.82) is 0 Å². The van der Waals surface area contributed by atoms with Crippen molar-refractivity contribution in [2.75, 3.05) is 5.33 Å². The second-order valence-electron chi connectivity index (χ2n) is 5.79. The van der Waals surface area contributed by atoms with Gasteiger partial charge in [0.05, 0.1) is 0 Å².